The van der Waals surface area contributed by atoms with Gasteiger partial charge in [0.15, 0.2) is 0 Å². The van der Waals surface area contributed by atoms with Crippen LogP contribution in [0.15, 0.2) is 78.9 Å². The van der Waals surface area contributed by atoms with E-state index < -0.39 is 12.0 Å². The molecule has 0 aromatic heterocycles. The van der Waals surface area contributed by atoms with Crippen LogP contribution in [-0.2, 0) is 9.59 Å². The Balaban J connectivity index is 1.45. The first-order valence-corrected chi connectivity index (χ1v) is 9.31. The molecule has 30 heavy (non-hydrogen) atoms. The molecule has 4 rings (SSSR count). The molecule has 150 valence electrons. The lowest BCUT2D eigenvalue weighted by Gasteiger charge is -2.16. The second kappa shape index (κ2) is 8.08. The minimum Gasteiger partial charge on any atom is -0.478 e. The number of nitrogens with zero attached hydrogens (tertiary/aromatic N) is 1. The summed E-state index contributed by atoms with van der Waals surface area (Å²) in [5, 5.41) is 12.0. The molecule has 0 bridgehead atoms. The van der Waals surface area contributed by atoms with Crippen LogP contribution in [0.4, 0.5) is 11.4 Å². The highest BCUT2D eigenvalue weighted by atomic mass is 16.5. The summed E-state index contributed by atoms with van der Waals surface area (Å²) in [6, 6.07) is 21.3. The van der Waals surface area contributed by atoms with E-state index in [2.05, 4.69) is 5.32 Å². The molecular formula is C23H18N2O5. The van der Waals surface area contributed by atoms with Gasteiger partial charge in [0.25, 0.3) is 5.91 Å². The third-order valence-corrected chi connectivity index (χ3v) is 4.69. The molecule has 7 nitrogen and oxygen atoms in total. The van der Waals surface area contributed by atoms with Gasteiger partial charge in [-0.15, -0.1) is 0 Å². The molecule has 0 spiro atoms. The van der Waals surface area contributed by atoms with Crippen LogP contribution in [0.2, 0.25) is 0 Å². The summed E-state index contributed by atoms with van der Waals surface area (Å²) in [7, 11) is 0. The van der Waals surface area contributed by atoms with Crippen molar-refractivity contribution in [3.63, 3.8) is 0 Å². The number of carboxylic acid groups (broad SMARTS) is 1. The predicted molar refractivity (Wildman–Crippen MR) is 111 cm³/mol. The Morgan fingerprint density at radius 1 is 0.900 bits per heavy atom. The zero-order valence-electron chi connectivity index (χ0n) is 15.8. The van der Waals surface area contributed by atoms with Crippen LogP contribution >= 0.6 is 0 Å². The maximum absolute atomic E-state index is 12.8. The molecule has 2 amide bonds. The standard InChI is InChI=1S/C23H18N2O5/c26-21-14-20(24-16-8-6-15(7-9-16)23(28)29)22(27)25(21)17-10-12-19(13-11-17)30-18-4-2-1-3-5-18/h1-13,20,24H,14H2,(H,28,29). The molecule has 1 atom stereocenters. The average Bonchev–Trinajstić information content (AvgIpc) is 3.03. The molecule has 0 saturated carbocycles. The Hall–Kier alpha value is -4.13. The molecular weight excluding hydrogens is 384 g/mol. The van der Waals surface area contributed by atoms with Crippen molar-refractivity contribution in [1.29, 1.82) is 0 Å². The van der Waals surface area contributed by atoms with Gasteiger partial charge in [-0.3, -0.25) is 9.59 Å². The SMILES string of the molecule is O=C(O)c1ccc(NC2CC(=O)N(c3ccc(Oc4ccccc4)cc3)C2=O)cc1. The fourth-order valence-corrected chi connectivity index (χ4v) is 3.21. The first-order chi connectivity index (χ1) is 14.5. The second-order valence-electron chi connectivity index (χ2n) is 6.76. The first kappa shape index (κ1) is 19.2. The Morgan fingerprint density at radius 2 is 1.53 bits per heavy atom. The molecule has 3 aromatic rings. The number of carbonyl (C=O) groups is 3. The van der Waals surface area contributed by atoms with E-state index in [9.17, 15) is 14.4 Å². The number of aromatic carboxylic acids is 1. The fourth-order valence-electron chi connectivity index (χ4n) is 3.21. The topological polar surface area (TPSA) is 95.9 Å². The van der Waals surface area contributed by atoms with Crippen LogP contribution in [0, 0.1) is 0 Å². The highest BCUT2D eigenvalue weighted by Crippen LogP contribution is 2.28. The van der Waals surface area contributed by atoms with Crippen LogP contribution < -0.4 is 15.0 Å². The molecule has 1 aliphatic rings. The highest BCUT2D eigenvalue weighted by molar-refractivity contribution is 6.23. The fraction of sp³-hybridized carbons (Fsp3) is 0.0870. The maximum Gasteiger partial charge on any atom is 0.335 e. The van der Waals surface area contributed by atoms with Crippen molar-refractivity contribution >= 4 is 29.2 Å². The van der Waals surface area contributed by atoms with Crippen LogP contribution in [0.1, 0.15) is 16.8 Å². The van der Waals surface area contributed by atoms with E-state index in [1.807, 2.05) is 30.3 Å². The van der Waals surface area contributed by atoms with Crippen LogP contribution in [0.3, 0.4) is 0 Å². The largest absolute Gasteiger partial charge is 0.478 e. The molecule has 1 unspecified atom stereocenters. The number of imide groups is 1. The number of benzene rings is 3. The third-order valence-electron chi connectivity index (χ3n) is 4.69. The lowest BCUT2D eigenvalue weighted by molar-refractivity contribution is -0.121. The molecule has 0 radical (unpaired) electrons. The number of carboxylic acids is 1. The Morgan fingerprint density at radius 3 is 2.17 bits per heavy atom. The van der Waals surface area contributed by atoms with Gasteiger partial charge in [0.1, 0.15) is 17.5 Å². The number of rotatable bonds is 6. The van der Waals surface area contributed by atoms with Crippen LogP contribution in [0.25, 0.3) is 0 Å². The Kier molecular flexibility index (Phi) is 5.17. The maximum atomic E-state index is 12.8. The monoisotopic (exact) mass is 402 g/mol. The summed E-state index contributed by atoms with van der Waals surface area (Å²) in [6.07, 6.45) is 0.0157. The van der Waals surface area contributed by atoms with Crippen LogP contribution in [0.5, 0.6) is 11.5 Å². The number of anilines is 2. The molecule has 3 aromatic carbocycles. The van der Waals surface area contributed by atoms with E-state index in [0.29, 0.717) is 22.9 Å². The van der Waals surface area contributed by atoms with Gasteiger partial charge in [0.2, 0.25) is 5.91 Å². The normalized spacial score (nSPS) is 15.9. The van der Waals surface area contributed by atoms with Gasteiger partial charge in [-0.2, -0.15) is 0 Å². The zero-order chi connectivity index (χ0) is 21.1. The van der Waals surface area contributed by atoms with Crippen molar-refractivity contribution in [2.75, 3.05) is 10.2 Å². The number of para-hydroxylation sites is 1. The van der Waals surface area contributed by atoms with Crippen molar-refractivity contribution in [2.45, 2.75) is 12.5 Å². The third kappa shape index (κ3) is 4.00. The molecule has 1 fully saturated rings. The summed E-state index contributed by atoms with van der Waals surface area (Å²) in [5.41, 5.74) is 1.18. The molecule has 7 heteroatoms. The summed E-state index contributed by atoms with van der Waals surface area (Å²) < 4.78 is 5.73. The molecule has 2 N–H and O–H groups in total. The zero-order valence-corrected chi connectivity index (χ0v) is 15.8. The molecule has 0 aliphatic carbocycles. The Bertz CT molecular complexity index is 1080. The number of hydrogen-bond acceptors (Lipinski definition) is 5. The summed E-state index contributed by atoms with van der Waals surface area (Å²) >= 11 is 0. The summed E-state index contributed by atoms with van der Waals surface area (Å²) in [4.78, 5) is 37.3. The number of carbonyl (C=O) groups excluding carboxylic acids is 2. The summed E-state index contributed by atoms with van der Waals surface area (Å²) in [6.45, 7) is 0. The number of ether oxygens (including phenoxy) is 1. The van der Waals surface area contributed by atoms with Crippen LogP contribution in [-0.4, -0.2) is 28.9 Å². The lowest BCUT2D eigenvalue weighted by Crippen LogP contribution is -2.34. The van der Waals surface area contributed by atoms with Crippen molar-refractivity contribution in [2.24, 2.45) is 0 Å². The highest BCUT2D eigenvalue weighted by Gasteiger charge is 2.39. The minimum atomic E-state index is -1.03. The first-order valence-electron chi connectivity index (χ1n) is 9.31. The van der Waals surface area contributed by atoms with Gasteiger partial charge in [0.05, 0.1) is 17.7 Å². The van der Waals surface area contributed by atoms with E-state index in [1.54, 1.807) is 36.4 Å². The van der Waals surface area contributed by atoms with Crippen molar-refractivity contribution in [3.05, 3.63) is 84.4 Å². The minimum absolute atomic E-state index is 0.0157. The summed E-state index contributed by atoms with van der Waals surface area (Å²) in [5.74, 6) is -0.413. The van der Waals surface area contributed by atoms with E-state index in [-0.39, 0.29) is 23.8 Å². The Labute approximate surface area is 172 Å². The molecule has 1 aliphatic heterocycles. The smallest absolute Gasteiger partial charge is 0.335 e. The molecule has 1 saturated heterocycles. The second-order valence-corrected chi connectivity index (χ2v) is 6.76. The average molecular weight is 402 g/mol. The van der Waals surface area contributed by atoms with Gasteiger partial charge in [-0.05, 0) is 60.7 Å². The lowest BCUT2D eigenvalue weighted by atomic mass is 10.2. The van der Waals surface area contributed by atoms with Gasteiger partial charge >= 0.3 is 5.97 Å². The van der Waals surface area contributed by atoms with Crippen molar-refractivity contribution < 1.29 is 24.2 Å². The van der Waals surface area contributed by atoms with E-state index in [0.717, 1.165) is 4.90 Å². The quantitative estimate of drug-likeness (QED) is 0.607. The van der Waals surface area contributed by atoms with E-state index >= 15 is 0 Å². The van der Waals surface area contributed by atoms with E-state index in [1.165, 1.54) is 12.1 Å². The van der Waals surface area contributed by atoms with E-state index in [4.69, 9.17) is 9.84 Å². The van der Waals surface area contributed by atoms with Gasteiger partial charge in [-0.1, -0.05) is 18.2 Å². The number of hydrogen-bond donors (Lipinski definition) is 2. The predicted octanol–water partition coefficient (Wildman–Crippen LogP) is 3.92. The number of amides is 2. The van der Waals surface area contributed by atoms with Crippen molar-refractivity contribution in [3.8, 4) is 11.5 Å². The van der Waals surface area contributed by atoms with Gasteiger partial charge < -0.3 is 15.2 Å². The molecule has 1 heterocycles. The van der Waals surface area contributed by atoms with Gasteiger partial charge in [0, 0.05) is 5.69 Å². The van der Waals surface area contributed by atoms with Gasteiger partial charge in [-0.25, -0.2) is 9.69 Å². The number of nitrogens with one attached hydrogen (secondary N) is 1. The van der Waals surface area contributed by atoms with Crippen molar-refractivity contribution in [1.82, 2.24) is 0 Å².